The van der Waals surface area contributed by atoms with Gasteiger partial charge in [0.05, 0.1) is 33.2 Å². The first kappa shape index (κ1) is 20.8. The summed E-state index contributed by atoms with van der Waals surface area (Å²) in [5.74, 6) is 0.0363. The first-order chi connectivity index (χ1) is 13.9. The van der Waals surface area contributed by atoms with Crippen LogP contribution < -0.4 is 10.6 Å². The van der Waals surface area contributed by atoms with E-state index in [1.807, 2.05) is 30.3 Å². The van der Waals surface area contributed by atoms with E-state index >= 15 is 0 Å². The van der Waals surface area contributed by atoms with Crippen LogP contribution in [0.15, 0.2) is 71.9 Å². The normalized spacial score (nSPS) is 11.1. The minimum Gasteiger partial charge on any atom is -0.307 e. The second kappa shape index (κ2) is 9.07. The van der Waals surface area contributed by atoms with Gasteiger partial charge in [0.25, 0.3) is 0 Å². The van der Waals surface area contributed by atoms with Crippen LogP contribution in [0.5, 0.6) is 0 Å². The first-order valence-corrected chi connectivity index (χ1v) is 11.0. The number of sulfone groups is 1. The Labute approximate surface area is 174 Å². The number of hydrogen-bond donors (Lipinski definition) is 2. The molecule has 1 heterocycles. The quantitative estimate of drug-likeness (QED) is 0.561. The number of carbonyl (C=O) groups is 1. The summed E-state index contributed by atoms with van der Waals surface area (Å²) in [6, 6.07) is 15.1. The Bertz CT molecular complexity index is 1120. The molecular weight excluding hydrogens is 410 g/mol. The number of pyridine rings is 1. The molecule has 0 bridgehead atoms. The van der Waals surface area contributed by atoms with Crippen molar-refractivity contribution < 1.29 is 13.2 Å². The molecule has 0 spiro atoms. The molecular formula is C21H20ClN3O3S. The molecule has 0 saturated carbocycles. The Morgan fingerprint density at radius 3 is 2.45 bits per heavy atom. The third-order valence-electron chi connectivity index (χ3n) is 4.17. The summed E-state index contributed by atoms with van der Waals surface area (Å²) in [5.41, 5.74) is 2.28. The van der Waals surface area contributed by atoms with Crippen molar-refractivity contribution in [1.82, 2.24) is 4.98 Å². The largest absolute Gasteiger partial charge is 0.323 e. The number of halogens is 1. The van der Waals surface area contributed by atoms with Crippen molar-refractivity contribution in [2.24, 2.45) is 0 Å². The summed E-state index contributed by atoms with van der Waals surface area (Å²) in [6.45, 7) is 1.81. The number of aromatic nitrogens is 1. The number of hydrogen-bond acceptors (Lipinski definition) is 4. The minimum absolute atomic E-state index is 0.0363. The average Bonchev–Trinajstić information content (AvgIpc) is 2.70. The van der Waals surface area contributed by atoms with Crippen molar-refractivity contribution in [3.8, 4) is 11.1 Å². The topological polar surface area (TPSA) is 88.2 Å². The molecule has 0 saturated heterocycles. The lowest BCUT2D eigenvalue weighted by molar-refractivity contribution is 0.262. The molecule has 0 aliphatic rings. The molecule has 0 atom stereocenters. The fraction of sp³-hybridized carbons (Fsp3) is 0.143. The van der Waals surface area contributed by atoms with E-state index in [0.717, 1.165) is 5.56 Å². The van der Waals surface area contributed by atoms with Gasteiger partial charge in [0.1, 0.15) is 0 Å². The van der Waals surface area contributed by atoms with E-state index in [4.69, 9.17) is 11.6 Å². The molecule has 8 heteroatoms. The van der Waals surface area contributed by atoms with E-state index in [1.54, 1.807) is 25.1 Å². The van der Waals surface area contributed by atoms with Gasteiger partial charge in [0.15, 0.2) is 9.84 Å². The van der Waals surface area contributed by atoms with Gasteiger partial charge in [-0.1, -0.05) is 54.9 Å². The van der Waals surface area contributed by atoms with E-state index in [2.05, 4.69) is 15.6 Å². The van der Waals surface area contributed by atoms with Crippen LogP contribution in [0.25, 0.3) is 11.1 Å². The van der Waals surface area contributed by atoms with Crippen LogP contribution in [-0.4, -0.2) is 25.2 Å². The SMILES string of the molecule is CCCS(=O)(=O)c1ccc(-c2ccccc2)c(NC(=O)Nc2cnccc2Cl)c1. The Balaban J connectivity index is 1.97. The molecule has 29 heavy (non-hydrogen) atoms. The van der Waals surface area contributed by atoms with Crippen molar-refractivity contribution in [1.29, 1.82) is 0 Å². The molecule has 0 aliphatic heterocycles. The van der Waals surface area contributed by atoms with Crippen LogP contribution >= 0.6 is 11.6 Å². The monoisotopic (exact) mass is 429 g/mol. The number of rotatable bonds is 6. The van der Waals surface area contributed by atoms with Gasteiger partial charge >= 0.3 is 6.03 Å². The van der Waals surface area contributed by atoms with Crippen LogP contribution in [0.1, 0.15) is 13.3 Å². The van der Waals surface area contributed by atoms with Crippen LogP contribution in [-0.2, 0) is 9.84 Å². The molecule has 2 aromatic carbocycles. The van der Waals surface area contributed by atoms with E-state index in [0.29, 0.717) is 28.4 Å². The van der Waals surface area contributed by atoms with Crippen molar-refractivity contribution in [2.75, 3.05) is 16.4 Å². The third kappa shape index (κ3) is 5.13. The zero-order chi connectivity index (χ0) is 20.9. The zero-order valence-electron chi connectivity index (χ0n) is 15.7. The van der Waals surface area contributed by atoms with Gasteiger partial charge in [0.2, 0.25) is 0 Å². The summed E-state index contributed by atoms with van der Waals surface area (Å²) in [7, 11) is -3.44. The van der Waals surface area contributed by atoms with Crippen molar-refractivity contribution in [2.45, 2.75) is 18.2 Å². The maximum Gasteiger partial charge on any atom is 0.323 e. The van der Waals surface area contributed by atoms with Gasteiger partial charge in [-0.25, -0.2) is 13.2 Å². The number of nitrogens with zero attached hydrogens (tertiary/aromatic N) is 1. The number of amides is 2. The smallest absolute Gasteiger partial charge is 0.307 e. The number of carbonyl (C=O) groups excluding carboxylic acids is 1. The second-order valence-electron chi connectivity index (χ2n) is 6.33. The lowest BCUT2D eigenvalue weighted by Gasteiger charge is -2.15. The van der Waals surface area contributed by atoms with Crippen LogP contribution in [0.2, 0.25) is 5.02 Å². The number of benzene rings is 2. The van der Waals surface area contributed by atoms with Crippen LogP contribution in [0.4, 0.5) is 16.2 Å². The lowest BCUT2D eigenvalue weighted by Crippen LogP contribution is -2.20. The Kier molecular flexibility index (Phi) is 6.51. The molecule has 0 unspecified atom stereocenters. The summed E-state index contributed by atoms with van der Waals surface area (Å²) in [5, 5.41) is 5.71. The third-order valence-corrected chi connectivity index (χ3v) is 6.42. The van der Waals surface area contributed by atoms with E-state index in [1.165, 1.54) is 18.5 Å². The summed E-state index contributed by atoms with van der Waals surface area (Å²) >= 11 is 6.06. The van der Waals surface area contributed by atoms with Gasteiger partial charge in [-0.2, -0.15) is 0 Å². The van der Waals surface area contributed by atoms with Gasteiger partial charge in [-0.05, 0) is 30.2 Å². The van der Waals surface area contributed by atoms with Crippen LogP contribution in [0, 0.1) is 0 Å². The van der Waals surface area contributed by atoms with E-state index in [9.17, 15) is 13.2 Å². The summed E-state index contributed by atoms with van der Waals surface area (Å²) in [4.78, 5) is 16.6. The minimum atomic E-state index is -3.44. The average molecular weight is 430 g/mol. The van der Waals surface area contributed by atoms with Crippen molar-refractivity contribution in [3.05, 3.63) is 72.0 Å². The molecule has 150 valence electrons. The van der Waals surface area contributed by atoms with Crippen molar-refractivity contribution in [3.63, 3.8) is 0 Å². The summed E-state index contributed by atoms with van der Waals surface area (Å²) in [6.07, 6.45) is 3.45. The molecule has 1 aromatic heterocycles. The number of urea groups is 1. The standard InChI is InChI=1S/C21H20ClN3O3S/c1-2-12-29(27,28)16-8-9-17(15-6-4-3-5-7-15)19(13-16)24-21(26)25-20-14-23-11-10-18(20)22/h3-11,13-14H,2,12H2,1H3,(H2,24,25,26). The number of nitrogens with one attached hydrogen (secondary N) is 2. The van der Waals surface area contributed by atoms with Crippen molar-refractivity contribution >= 4 is 38.8 Å². The summed E-state index contributed by atoms with van der Waals surface area (Å²) < 4.78 is 25.0. The van der Waals surface area contributed by atoms with Gasteiger partial charge in [-0.3, -0.25) is 4.98 Å². The highest BCUT2D eigenvalue weighted by Crippen LogP contribution is 2.31. The van der Waals surface area contributed by atoms with E-state index in [-0.39, 0.29) is 10.6 Å². The lowest BCUT2D eigenvalue weighted by atomic mass is 10.0. The molecule has 3 aromatic rings. The maximum absolute atomic E-state index is 12.5. The highest BCUT2D eigenvalue weighted by atomic mass is 35.5. The van der Waals surface area contributed by atoms with Crippen LogP contribution in [0.3, 0.4) is 0 Å². The molecule has 0 radical (unpaired) electrons. The molecule has 2 amide bonds. The maximum atomic E-state index is 12.5. The predicted molar refractivity (Wildman–Crippen MR) is 116 cm³/mol. The number of anilines is 2. The van der Waals surface area contributed by atoms with E-state index < -0.39 is 15.9 Å². The fourth-order valence-corrected chi connectivity index (χ4v) is 4.32. The first-order valence-electron chi connectivity index (χ1n) is 9.00. The molecule has 6 nitrogen and oxygen atoms in total. The zero-order valence-corrected chi connectivity index (χ0v) is 17.3. The Hall–Kier alpha value is -2.90. The highest BCUT2D eigenvalue weighted by molar-refractivity contribution is 7.91. The Morgan fingerprint density at radius 2 is 1.76 bits per heavy atom. The highest BCUT2D eigenvalue weighted by Gasteiger charge is 2.17. The second-order valence-corrected chi connectivity index (χ2v) is 8.84. The predicted octanol–water partition coefficient (Wildman–Crippen LogP) is 5.23. The molecule has 0 fully saturated rings. The molecule has 2 N–H and O–H groups in total. The Morgan fingerprint density at radius 1 is 1.03 bits per heavy atom. The van der Waals surface area contributed by atoms with Gasteiger partial charge in [0, 0.05) is 11.8 Å². The van der Waals surface area contributed by atoms with Gasteiger partial charge in [-0.15, -0.1) is 0 Å². The molecule has 0 aliphatic carbocycles. The molecule has 3 rings (SSSR count). The van der Waals surface area contributed by atoms with Gasteiger partial charge < -0.3 is 10.6 Å². The fourth-order valence-electron chi connectivity index (χ4n) is 2.82.